The van der Waals surface area contributed by atoms with Gasteiger partial charge in [0.25, 0.3) is 0 Å². The zero-order valence-electron chi connectivity index (χ0n) is 10.6. The number of carbonyl (C=O) groups excluding carboxylic acids is 1. The van der Waals surface area contributed by atoms with Gasteiger partial charge in [-0.25, -0.2) is 5.84 Å². The van der Waals surface area contributed by atoms with Crippen LogP contribution in [-0.2, 0) is 4.79 Å². The van der Waals surface area contributed by atoms with Crippen molar-refractivity contribution in [3.63, 3.8) is 0 Å². The molecule has 2 rings (SSSR count). The normalized spacial score (nSPS) is 33.8. The highest BCUT2D eigenvalue weighted by Crippen LogP contribution is 2.37. The molecule has 0 aromatic rings. The summed E-state index contributed by atoms with van der Waals surface area (Å²) >= 11 is 0. The van der Waals surface area contributed by atoms with E-state index in [0.29, 0.717) is 12.1 Å². The molecule has 2 aliphatic rings. The first-order chi connectivity index (χ1) is 7.94. The Hall–Kier alpha value is -0.650. The Kier molecular flexibility index (Phi) is 3.43. The Morgan fingerprint density at radius 1 is 1.41 bits per heavy atom. The number of carbonyl (C=O) groups is 1. The largest absolute Gasteiger partial charge is 0.393 e. The highest BCUT2D eigenvalue weighted by atomic mass is 16.3. The van der Waals surface area contributed by atoms with Crippen LogP contribution >= 0.6 is 0 Å². The second-order valence-corrected chi connectivity index (χ2v) is 6.04. The summed E-state index contributed by atoms with van der Waals surface area (Å²) in [6.45, 7) is 4.55. The van der Waals surface area contributed by atoms with Gasteiger partial charge >= 0.3 is 0 Å². The first kappa shape index (κ1) is 12.8. The summed E-state index contributed by atoms with van der Waals surface area (Å²) in [7, 11) is 0. The molecule has 0 radical (unpaired) electrons. The molecule has 5 heteroatoms. The van der Waals surface area contributed by atoms with Crippen LogP contribution in [0.4, 0.5) is 0 Å². The van der Waals surface area contributed by atoms with Gasteiger partial charge in [-0.15, -0.1) is 0 Å². The van der Waals surface area contributed by atoms with Crippen LogP contribution in [0.5, 0.6) is 0 Å². The lowest BCUT2D eigenvalue weighted by Crippen LogP contribution is -2.53. The molecule has 0 aliphatic carbocycles. The molecule has 5 nitrogen and oxygen atoms in total. The van der Waals surface area contributed by atoms with Crippen molar-refractivity contribution in [3.8, 4) is 0 Å². The zero-order valence-corrected chi connectivity index (χ0v) is 10.6. The Balaban J connectivity index is 2.03. The van der Waals surface area contributed by atoms with Crippen LogP contribution in [0.2, 0.25) is 0 Å². The average molecular weight is 241 g/mol. The molecule has 2 fully saturated rings. The van der Waals surface area contributed by atoms with E-state index >= 15 is 0 Å². The fourth-order valence-electron chi connectivity index (χ4n) is 3.23. The molecule has 17 heavy (non-hydrogen) atoms. The minimum Gasteiger partial charge on any atom is -0.393 e. The van der Waals surface area contributed by atoms with Crippen LogP contribution in [0.3, 0.4) is 0 Å². The molecule has 0 spiro atoms. The quantitative estimate of drug-likeness (QED) is 0.369. The highest BCUT2D eigenvalue weighted by molar-refractivity contribution is 5.81. The Bertz CT molecular complexity index is 292. The number of hydrogen-bond donors (Lipinski definition) is 3. The first-order valence-electron chi connectivity index (χ1n) is 6.39. The number of fused-ring (bicyclic) bond motifs is 2. The maximum absolute atomic E-state index is 11.7. The summed E-state index contributed by atoms with van der Waals surface area (Å²) in [6, 6.07) is 0.877. The number of rotatable bonds is 3. The fraction of sp³-hybridized carbons (Fsp3) is 0.917. The highest BCUT2D eigenvalue weighted by Gasteiger charge is 2.43. The minimum absolute atomic E-state index is 0.122. The van der Waals surface area contributed by atoms with E-state index in [0.717, 1.165) is 32.2 Å². The van der Waals surface area contributed by atoms with E-state index in [4.69, 9.17) is 5.84 Å². The minimum atomic E-state index is -0.474. The molecule has 2 unspecified atom stereocenters. The van der Waals surface area contributed by atoms with E-state index in [1.807, 2.05) is 13.8 Å². The molecule has 0 aromatic carbocycles. The molecule has 1 amide bonds. The van der Waals surface area contributed by atoms with Crippen LogP contribution in [0.15, 0.2) is 0 Å². The van der Waals surface area contributed by atoms with E-state index in [2.05, 4.69) is 10.3 Å². The summed E-state index contributed by atoms with van der Waals surface area (Å²) in [5.41, 5.74) is 1.76. The van der Waals surface area contributed by atoms with Crippen LogP contribution in [-0.4, -0.2) is 40.6 Å². The maximum atomic E-state index is 11.7. The molecule has 98 valence electrons. The standard InChI is InChI=1S/C12H23N3O2/c1-12(2,11(17)14-13)7-15-8-3-4-9(15)6-10(16)5-8/h8-10,16H,3-7,13H2,1-2H3,(H,14,17). The second kappa shape index (κ2) is 4.55. The van der Waals surface area contributed by atoms with E-state index in [9.17, 15) is 9.90 Å². The Labute approximate surface area is 102 Å². The number of hydrogen-bond acceptors (Lipinski definition) is 4. The molecule has 0 aromatic heterocycles. The zero-order chi connectivity index (χ0) is 12.6. The monoisotopic (exact) mass is 241 g/mol. The summed E-state index contributed by atoms with van der Waals surface area (Å²) in [4.78, 5) is 14.1. The lowest BCUT2D eigenvalue weighted by atomic mass is 9.89. The van der Waals surface area contributed by atoms with Crippen molar-refractivity contribution in [2.24, 2.45) is 11.3 Å². The van der Waals surface area contributed by atoms with Crippen molar-refractivity contribution in [2.75, 3.05) is 6.54 Å². The molecule has 2 aliphatic heterocycles. The van der Waals surface area contributed by atoms with Crippen molar-refractivity contribution >= 4 is 5.91 Å². The number of nitrogens with two attached hydrogens (primary N) is 1. The fourth-order valence-corrected chi connectivity index (χ4v) is 3.23. The lowest BCUT2D eigenvalue weighted by molar-refractivity contribution is -0.131. The van der Waals surface area contributed by atoms with E-state index in [1.165, 1.54) is 0 Å². The Morgan fingerprint density at radius 3 is 2.41 bits per heavy atom. The van der Waals surface area contributed by atoms with Crippen LogP contribution in [0.25, 0.3) is 0 Å². The van der Waals surface area contributed by atoms with Crippen LogP contribution < -0.4 is 11.3 Å². The van der Waals surface area contributed by atoms with Gasteiger partial charge < -0.3 is 5.11 Å². The van der Waals surface area contributed by atoms with Gasteiger partial charge in [0.1, 0.15) is 0 Å². The topological polar surface area (TPSA) is 78.6 Å². The predicted molar refractivity (Wildman–Crippen MR) is 64.9 cm³/mol. The third-order valence-electron chi connectivity index (χ3n) is 4.18. The molecule has 2 atom stereocenters. The number of nitrogens with one attached hydrogen (secondary N) is 1. The van der Waals surface area contributed by atoms with Gasteiger partial charge in [-0.1, -0.05) is 0 Å². The third-order valence-corrected chi connectivity index (χ3v) is 4.18. The van der Waals surface area contributed by atoms with Gasteiger partial charge in [0.15, 0.2) is 0 Å². The summed E-state index contributed by atoms with van der Waals surface area (Å²) in [5, 5.41) is 9.74. The SMILES string of the molecule is CC(C)(CN1C2CCC1CC(O)C2)C(=O)NN. The smallest absolute Gasteiger partial charge is 0.240 e. The van der Waals surface area contributed by atoms with Gasteiger partial charge in [0, 0.05) is 18.6 Å². The van der Waals surface area contributed by atoms with Crippen LogP contribution in [0.1, 0.15) is 39.5 Å². The van der Waals surface area contributed by atoms with Gasteiger partial charge in [-0.05, 0) is 39.5 Å². The van der Waals surface area contributed by atoms with Gasteiger partial charge in [-0.2, -0.15) is 0 Å². The van der Waals surface area contributed by atoms with Crippen LogP contribution in [0, 0.1) is 5.41 Å². The van der Waals surface area contributed by atoms with Crippen molar-refractivity contribution < 1.29 is 9.90 Å². The number of aliphatic hydroxyl groups excluding tert-OH is 1. The lowest BCUT2D eigenvalue weighted by Gasteiger charge is -2.40. The Morgan fingerprint density at radius 2 is 1.94 bits per heavy atom. The number of piperidine rings is 1. The predicted octanol–water partition coefficient (Wildman–Crippen LogP) is -0.00980. The molecule has 2 saturated heterocycles. The number of amides is 1. The van der Waals surface area contributed by atoms with E-state index < -0.39 is 5.41 Å². The van der Waals surface area contributed by atoms with Gasteiger partial charge in [0.2, 0.25) is 5.91 Å². The molecular formula is C12H23N3O2. The number of hydrazine groups is 1. The number of aliphatic hydroxyl groups is 1. The maximum Gasteiger partial charge on any atom is 0.240 e. The molecule has 2 bridgehead atoms. The summed E-state index contributed by atoms with van der Waals surface area (Å²) in [5.74, 6) is 5.09. The van der Waals surface area contributed by atoms with Gasteiger partial charge in [-0.3, -0.25) is 15.1 Å². The molecule has 2 heterocycles. The van der Waals surface area contributed by atoms with Crippen molar-refractivity contribution in [1.82, 2.24) is 10.3 Å². The first-order valence-corrected chi connectivity index (χ1v) is 6.39. The molecule has 4 N–H and O–H groups in total. The third kappa shape index (κ3) is 2.46. The summed E-state index contributed by atoms with van der Waals surface area (Å²) in [6.07, 6.45) is 3.81. The van der Waals surface area contributed by atoms with Crippen molar-refractivity contribution in [3.05, 3.63) is 0 Å². The van der Waals surface area contributed by atoms with Crippen molar-refractivity contribution in [1.29, 1.82) is 0 Å². The van der Waals surface area contributed by atoms with Crippen molar-refractivity contribution in [2.45, 2.75) is 57.7 Å². The average Bonchev–Trinajstić information content (AvgIpc) is 2.51. The van der Waals surface area contributed by atoms with E-state index in [1.54, 1.807) is 0 Å². The number of nitrogens with zero attached hydrogens (tertiary/aromatic N) is 1. The molecule has 0 saturated carbocycles. The van der Waals surface area contributed by atoms with E-state index in [-0.39, 0.29) is 12.0 Å². The van der Waals surface area contributed by atoms with Gasteiger partial charge in [0.05, 0.1) is 11.5 Å². The molecular weight excluding hydrogens is 218 g/mol. The summed E-state index contributed by atoms with van der Waals surface area (Å²) < 4.78 is 0. The second-order valence-electron chi connectivity index (χ2n) is 6.04.